The summed E-state index contributed by atoms with van der Waals surface area (Å²) in [5, 5.41) is 1.19. The fraction of sp³-hybridized carbons (Fsp3) is 0.136. The number of para-hydroxylation sites is 2. The average Bonchev–Trinajstić information content (AvgIpc) is 3.29. The van der Waals surface area contributed by atoms with Crippen LogP contribution in [-0.4, -0.2) is 41.7 Å². The van der Waals surface area contributed by atoms with Gasteiger partial charge in [0.1, 0.15) is 0 Å². The van der Waals surface area contributed by atoms with E-state index in [0.29, 0.717) is 33.2 Å². The van der Waals surface area contributed by atoms with Crippen LogP contribution in [0.2, 0.25) is 0 Å². The number of carbonyl (C=O) groups is 1. The first-order chi connectivity index (χ1) is 14.6. The fourth-order valence-corrected chi connectivity index (χ4v) is 4.91. The molecule has 8 heteroatoms. The summed E-state index contributed by atoms with van der Waals surface area (Å²) in [4.78, 5) is 24.4. The van der Waals surface area contributed by atoms with Gasteiger partial charge in [-0.3, -0.25) is 9.69 Å². The Morgan fingerprint density at radius 2 is 2.00 bits per heavy atom. The molecule has 2 heterocycles. The minimum atomic E-state index is -0.135. The highest BCUT2D eigenvalue weighted by molar-refractivity contribution is 8.18. The average molecular weight is 438 g/mol. The molecule has 3 aromatic rings. The standard InChI is InChI=1S/C22H19N3O3S2/c1-4-12-25-20(26)18(13-14-8-7-10-16(27-2)19(14)28-3)30-22(25)24-21-23-15-9-5-6-11-17(15)29-21/h4-11,13H,1,12H2,2-3H3/b18-13-,24-22+. The molecular formula is C22H19N3O3S2. The highest BCUT2D eigenvalue weighted by atomic mass is 32.2. The Labute approximate surface area is 182 Å². The van der Waals surface area contributed by atoms with Crippen LogP contribution in [0.3, 0.4) is 0 Å². The van der Waals surface area contributed by atoms with Gasteiger partial charge in [-0.1, -0.05) is 41.7 Å². The molecule has 1 aromatic heterocycles. The summed E-state index contributed by atoms with van der Waals surface area (Å²) in [7, 11) is 3.16. The topological polar surface area (TPSA) is 64.0 Å². The molecule has 2 aromatic carbocycles. The van der Waals surface area contributed by atoms with Gasteiger partial charge >= 0.3 is 0 Å². The molecule has 1 fully saturated rings. The van der Waals surface area contributed by atoms with E-state index < -0.39 is 0 Å². The third-order valence-electron chi connectivity index (χ3n) is 4.39. The van der Waals surface area contributed by atoms with Gasteiger partial charge in [-0.2, -0.15) is 4.99 Å². The van der Waals surface area contributed by atoms with Gasteiger partial charge in [0.2, 0.25) is 5.13 Å². The van der Waals surface area contributed by atoms with E-state index in [4.69, 9.17) is 9.47 Å². The molecular weight excluding hydrogens is 418 g/mol. The van der Waals surface area contributed by atoms with E-state index in [1.807, 2.05) is 42.5 Å². The van der Waals surface area contributed by atoms with Crippen LogP contribution < -0.4 is 9.47 Å². The van der Waals surface area contributed by atoms with Crippen LogP contribution in [0.5, 0.6) is 11.5 Å². The van der Waals surface area contributed by atoms with Gasteiger partial charge in [-0.15, -0.1) is 6.58 Å². The van der Waals surface area contributed by atoms with Gasteiger partial charge in [0.25, 0.3) is 5.91 Å². The molecule has 0 aliphatic carbocycles. The second kappa shape index (κ2) is 8.73. The zero-order valence-corrected chi connectivity index (χ0v) is 18.1. The maximum Gasteiger partial charge on any atom is 0.267 e. The first-order valence-corrected chi connectivity index (χ1v) is 10.8. The number of benzene rings is 2. The molecule has 1 aliphatic heterocycles. The van der Waals surface area contributed by atoms with Crippen molar-refractivity contribution in [1.29, 1.82) is 0 Å². The molecule has 0 bridgehead atoms. The molecule has 0 radical (unpaired) electrons. The van der Waals surface area contributed by atoms with E-state index in [1.165, 1.54) is 23.1 Å². The largest absolute Gasteiger partial charge is 0.493 e. The summed E-state index contributed by atoms with van der Waals surface area (Å²) in [5.74, 6) is 1.05. The van der Waals surface area contributed by atoms with Gasteiger partial charge < -0.3 is 9.47 Å². The first-order valence-electron chi connectivity index (χ1n) is 9.12. The fourth-order valence-electron chi connectivity index (χ4n) is 3.04. The molecule has 0 spiro atoms. The summed E-state index contributed by atoms with van der Waals surface area (Å²) in [5.41, 5.74) is 1.65. The van der Waals surface area contributed by atoms with Crippen LogP contribution in [0.4, 0.5) is 5.13 Å². The molecule has 1 saturated heterocycles. The number of aliphatic imine (C=N–C) groups is 1. The number of amidine groups is 1. The minimum absolute atomic E-state index is 0.135. The Hall–Kier alpha value is -3.10. The summed E-state index contributed by atoms with van der Waals surface area (Å²) in [6.45, 7) is 4.13. The van der Waals surface area contributed by atoms with Crippen molar-refractivity contribution in [1.82, 2.24) is 9.88 Å². The lowest BCUT2D eigenvalue weighted by atomic mass is 10.1. The van der Waals surface area contributed by atoms with Crippen molar-refractivity contribution in [3.05, 3.63) is 65.6 Å². The number of thiazole rings is 1. The third kappa shape index (κ3) is 3.83. The van der Waals surface area contributed by atoms with Crippen LogP contribution in [0.25, 0.3) is 16.3 Å². The number of hydrogen-bond acceptors (Lipinski definition) is 7. The molecule has 0 unspecified atom stereocenters. The highest BCUT2D eigenvalue weighted by Gasteiger charge is 2.33. The van der Waals surface area contributed by atoms with E-state index in [-0.39, 0.29) is 5.91 Å². The lowest BCUT2D eigenvalue weighted by molar-refractivity contribution is -0.121. The molecule has 1 amide bonds. The summed E-state index contributed by atoms with van der Waals surface area (Å²) in [6.07, 6.45) is 3.48. The second-order valence-electron chi connectivity index (χ2n) is 6.26. The van der Waals surface area contributed by atoms with Crippen molar-refractivity contribution in [3.8, 4) is 11.5 Å². The Morgan fingerprint density at radius 3 is 2.73 bits per heavy atom. The first kappa shape index (κ1) is 20.2. The van der Waals surface area contributed by atoms with Gasteiger partial charge in [0.05, 0.1) is 29.3 Å². The Morgan fingerprint density at radius 1 is 1.17 bits per heavy atom. The number of fused-ring (bicyclic) bond motifs is 1. The maximum absolute atomic E-state index is 13.0. The van der Waals surface area contributed by atoms with E-state index in [1.54, 1.807) is 31.3 Å². The minimum Gasteiger partial charge on any atom is -0.493 e. The zero-order valence-electron chi connectivity index (χ0n) is 16.5. The van der Waals surface area contributed by atoms with Crippen molar-refractivity contribution in [3.63, 3.8) is 0 Å². The lowest BCUT2D eigenvalue weighted by Gasteiger charge is -2.12. The van der Waals surface area contributed by atoms with Crippen LogP contribution in [-0.2, 0) is 4.79 Å². The van der Waals surface area contributed by atoms with E-state index in [9.17, 15) is 4.79 Å². The number of nitrogens with zero attached hydrogens (tertiary/aromatic N) is 3. The second-order valence-corrected chi connectivity index (χ2v) is 8.27. The number of ether oxygens (including phenoxy) is 2. The molecule has 0 N–H and O–H groups in total. The van der Waals surface area contributed by atoms with E-state index >= 15 is 0 Å². The van der Waals surface area contributed by atoms with Gasteiger partial charge in [0, 0.05) is 12.1 Å². The van der Waals surface area contributed by atoms with E-state index in [0.717, 1.165) is 15.8 Å². The lowest BCUT2D eigenvalue weighted by Crippen LogP contribution is -2.29. The molecule has 0 saturated carbocycles. The molecule has 0 atom stereocenters. The van der Waals surface area contributed by atoms with Crippen molar-refractivity contribution in [2.24, 2.45) is 4.99 Å². The molecule has 6 nitrogen and oxygen atoms in total. The van der Waals surface area contributed by atoms with Gasteiger partial charge in [-0.25, -0.2) is 4.98 Å². The predicted octanol–water partition coefficient (Wildman–Crippen LogP) is 5.10. The van der Waals surface area contributed by atoms with Crippen molar-refractivity contribution in [2.45, 2.75) is 0 Å². The normalized spacial score (nSPS) is 16.6. The van der Waals surface area contributed by atoms with E-state index in [2.05, 4.69) is 16.6 Å². The Balaban J connectivity index is 1.73. The predicted molar refractivity (Wildman–Crippen MR) is 124 cm³/mol. The SMILES string of the molecule is C=CCN1C(=O)/C(=C/c2cccc(OC)c2OC)S/C1=N/c1nc2ccccc2s1. The van der Waals surface area contributed by atoms with Crippen LogP contribution in [0.1, 0.15) is 5.56 Å². The Kier molecular flexibility index (Phi) is 5.87. The number of hydrogen-bond donors (Lipinski definition) is 0. The molecule has 4 rings (SSSR count). The van der Waals surface area contributed by atoms with Crippen LogP contribution in [0.15, 0.2) is 65.0 Å². The van der Waals surface area contributed by atoms with Crippen molar-refractivity contribution < 1.29 is 14.3 Å². The van der Waals surface area contributed by atoms with Gasteiger partial charge in [-0.05, 0) is 36.0 Å². The molecule has 152 valence electrons. The van der Waals surface area contributed by atoms with Crippen molar-refractivity contribution >= 4 is 55.6 Å². The molecule has 1 aliphatic rings. The number of thioether (sulfide) groups is 1. The zero-order chi connectivity index (χ0) is 21.1. The summed E-state index contributed by atoms with van der Waals surface area (Å²) >= 11 is 2.80. The van der Waals surface area contributed by atoms with Gasteiger partial charge in [0.15, 0.2) is 16.7 Å². The monoisotopic (exact) mass is 437 g/mol. The van der Waals surface area contributed by atoms with Crippen molar-refractivity contribution in [2.75, 3.05) is 20.8 Å². The smallest absolute Gasteiger partial charge is 0.267 e. The Bertz CT molecular complexity index is 1150. The van der Waals surface area contributed by atoms with Crippen LogP contribution >= 0.6 is 23.1 Å². The summed E-state index contributed by atoms with van der Waals surface area (Å²) in [6, 6.07) is 13.4. The molecule has 30 heavy (non-hydrogen) atoms. The number of methoxy groups -OCH3 is 2. The maximum atomic E-state index is 13.0. The summed E-state index contributed by atoms with van der Waals surface area (Å²) < 4.78 is 11.9. The highest BCUT2D eigenvalue weighted by Crippen LogP contribution is 2.38. The number of rotatable bonds is 6. The number of aromatic nitrogens is 1. The van der Waals surface area contributed by atoms with Crippen LogP contribution in [0, 0.1) is 0 Å². The third-order valence-corrected chi connectivity index (χ3v) is 6.33. The quantitative estimate of drug-likeness (QED) is 0.396. The number of carbonyl (C=O) groups excluding carboxylic acids is 1. The number of amides is 1.